The Morgan fingerprint density at radius 3 is 2.16 bits per heavy atom. The van der Waals surface area contributed by atoms with E-state index in [1.807, 2.05) is 6.92 Å². The molecule has 0 spiro atoms. The Labute approximate surface area is 215 Å². The number of hydrogen-bond acceptors (Lipinski definition) is 5. The number of nitrogens with one attached hydrogen (secondary N) is 1. The van der Waals surface area contributed by atoms with Crippen molar-refractivity contribution in [1.29, 1.82) is 0 Å². The van der Waals surface area contributed by atoms with Crippen molar-refractivity contribution in [3.63, 3.8) is 0 Å². The summed E-state index contributed by atoms with van der Waals surface area (Å²) in [7, 11) is -4.52. The Balaban J connectivity index is 2.13. The van der Waals surface area contributed by atoms with Gasteiger partial charge in [-0.2, -0.15) is 0 Å². The number of benzene rings is 3. The third kappa shape index (κ3) is 6.51. The first kappa shape index (κ1) is 27.4. The van der Waals surface area contributed by atoms with Gasteiger partial charge in [0.2, 0.25) is 0 Å². The van der Waals surface area contributed by atoms with Crippen LogP contribution in [0.15, 0.2) is 76.6 Å². The van der Waals surface area contributed by atoms with Crippen LogP contribution in [0.25, 0.3) is 0 Å². The van der Waals surface area contributed by atoms with Gasteiger partial charge in [-0.15, -0.1) is 0 Å². The van der Waals surface area contributed by atoms with Gasteiger partial charge in [-0.1, -0.05) is 58.5 Å². The molecule has 0 saturated heterocycles. The predicted octanol–water partition coefficient (Wildman–Crippen LogP) is 2.55. The number of carbonyl (C=O) groups excluding carboxylic acids is 1. The summed E-state index contributed by atoms with van der Waals surface area (Å²) in [5, 5.41) is 10.1. The molecule has 0 aliphatic heterocycles. The van der Waals surface area contributed by atoms with E-state index in [1.165, 1.54) is 18.2 Å². The fraction of sp³-hybridized carbons (Fsp3) is 0.192. The number of hydrogen-bond donors (Lipinski definition) is 4. The molecule has 0 aromatic heterocycles. The monoisotopic (exact) mass is 523 g/mol. The van der Waals surface area contributed by atoms with Crippen LogP contribution in [0.5, 0.6) is 0 Å². The maximum absolute atomic E-state index is 14.0. The van der Waals surface area contributed by atoms with Gasteiger partial charge in [0.25, 0.3) is 15.9 Å². The highest BCUT2D eigenvalue weighted by Gasteiger charge is 2.39. The van der Waals surface area contributed by atoms with Crippen molar-refractivity contribution in [1.82, 2.24) is 9.84 Å². The third-order valence-electron chi connectivity index (χ3n) is 5.54. The number of nitrogens with two attached hydrogens (primary N) is 2. The molecule has 0 aliphatic rings. The van der Waals surface area contributed by atoms with Gasteiger partial charge < -0.3 is 16.6 Å². The van der Waals surface area contributed by atoms with Crippen LogP contribution in [0.2, 0.25) is 0 Å². The molecule has 0 heterocycles. The highest BCUT2D eigenvalue weighted by Crippen LogP contribution is 2.27. The first-order chi connectivity index (χ1) is 17.4. The summed E-state index contributed by atoms with van der Waals surface area (Å²) in [6.45, 7) is 5.08. The Bertz CT molecular complexity index is 1430. The summed E-state index contributed by atoms with van der Waals surface area (Å²) in [5.41, 5.74) is 15.7. The summed E-state index contributed by atoms with van der Waals surface area (Å²) >= 11 is 0. The number of hydrazine groups is 1. The highest BCUT2D eigenvalue weighted by molar-refractivity contribution is 7.89. The second-order valence-electron chi connectivity index (χ2n) is 8.60. The molecule has 11 heteroatoms. The molecule has 10 nitrogen and oxygen atoms in total. The van der Waals surface area contributed by atoms with Gasteiger partial charge in [0.15, 0.2) is 5.96 Å². The Morgan fingerprint density at radius 1 is 0.973 bits per heavy atom. The summed E-state index contributed by atoms with van der Waals surface area (Å²) in [6.07, 6.45) is -0.187. The first-order valence-corrected chi connectivity index (χ1v) is 12.7. The maximum Gasteiger partial charge on any atom is 0.324 e. The largest absolute Gasteiger partial charge is 0.480 e. The maximum atomic E-state index is 14.0. The molecule has 37 heavy (non-hydrogen) atoms. The number of carbonyl (C=O) groups is 2. The quantitative estimate of drug-likeness (QED) is 0.190. The third-order valence-corrected chi connectivity index (χ3v) is 7.56. The Morgan fingerprint density at radius 2 is 1.59 bits per heavy atom. The molecular weight excluding hydrogens is 494 g/mol. The molecule has 1 atom stereocenters. The number of carboxylic acid groups (broad SMARTS) is 1. The van der Waals surface area contributed by atoms with Crippen LogP contribution in [0.1, 0.15) is 32.6 Å². The number of guanidine groups is 1. The molecular formula is C26H29N5O5S. The van der Waals surface area contributed by atoms with Crippen molar-refractivity contribution < 1.29 is 23.1 Å². The number of aryl methyl sites for hydroxylation is 3. The molecule has 0 bridgehead atoms. The minimum Gasteiger partial charge on any atom is -0.480 e. The second-order valence-corrected chi connectivity index (χ2v) is 10.4. The minimum atomic E-state index is -4.52. The SMILES string of the molecule is Cc1cc(C)c(S(=O)(=O)N(NC(=O)c2cccc(N=C(N)N)c2)C(Cc2ccccc2)C(=O)O)c(C)c1. The lowest BCUT2D eigenvalue weighted by Gasteiger charge is -2.30. The topological polar surface area (TPSA) is 168 Å². The molecule has 1 amide bonds. The van der Waals surface area contributed by atoms with Crippen LogP contribution < -0.4 is 16.9 Å². The zero-order valence-corrected chi connectivity index (χ0v) is 21.5. The van der Waals surface area contributed by atoms with Gasteiger partial charge in [-0.3, -0.25) is 15.0 Å². The average Bonchev–Trinajstić information content (AvgIpc) is 2.80. The number of sulfonamides is 1. The zero-order valence-electron chi connectivity index (χ0n) is 20.7. The summed E-state index contributed by atoms with van der Waals surface area (Å²) in [5.74, 6) is -2.50. The van der Waals surface area contributed by atoms with Crippen molar-refractivity contribution in [2.75, 3.05) is 0 Å². The van der Waals surface area contributed by atoms with Gasteiger partial charge in [0, 0.05) is 12.0 Å². The molecule has 0 aliphatic carbocycles. The number of carboxylic acids is 1. The first-order valence-electron chi connectivity index (χ1n) is 11.3. The number of aliphatic carboxylic acids is 1. The van der Waals surface area contributed by atoms with E-state index in [9.17, 15) is 23.1 Å². The smallest absolute Gasteiger partial charge is 0.324 e. The van der Waals surface area contributed by atoms with E-state index in [1.54, 1.807) is 62.4 Å². The van der Waals surface area contributed by atoms with E-state index in [0.717, 1.165) is 5.56 Å². The van der Waals surface area contributed by atoms with Crippen LogP contribution in [0.4, 0.5) is 5.69 Å². The van der Waals surface area contributed by atoms with E-state index in [-0.39, 0.29) is 28.5 Å². The van der Waals surface area contributed by atoms with E-state index >= 15 is 0 Å². The molecule has 194 valence electrons. The lowest BCUT2D eigenvalue weighted by Crippen LogP contribution is -2.55. The summed E-state index contributed by atoms with van der Waals surface area (Å²) in [4.78, 5) is 29.5. The van der Waals surface area contributed by atoms with Crippen LogP contribution >= 0.6 is 0 Å². The standard InChI is InChI=1S/C26H29N5O5S/c1-16-12-17(2)23(18(3)13-16)37(35,36)31(22(25(33)34)14-19-8-5-4-6-9-19)30-24(32)20-10-7-11-21(15-20)29-26(27)28/h4-13,15,22H,14H2,1-3H3,(H,30,32)(H,33,34)(H4,27,28,29). The van der Waals surface area contributed by atoms with E-state index in [2.05, 4.69) is 10.4 Å². The van der Waals surface area contributed by atoms with Crippen molar-refractivity contribution >= 4 is 33.5 Å². The lowest BCUT2D eigenvalue weighted by molar-refractivity contribution is -0.142. The molecule has 0 fully saturated rings. The number of aliphatic imine (C=N–C) groups is 1. The summed E-state index contributed by atoms with van der Waals surface area (Å²) in [6, 6.07) is 16.2. The predicted molar refractivity (Wildman–Crippen MR) is 141 cm³/mol. The van der Waals surface area contributed by atoms with Crippen LogP contribution in [0.3, 0.4) is 0 Å². The molecule has 3 rings (SSSR count). The zero-order chi connectivity index (χ0) is 27.3. The molecule has 0 saturated carbocycles. The average molecular weight is 524 g/mol. The molecule has 6 N–H and O–H groups in total. The normalized spacial score (nSPS) is 12.1. The number of rotatable bonds is 9. The van der Waals surface area contributed by atoms with Crippen LogP contribution in [-0.4, -0.2) is 41.8 Å². The van der Waals surface area contributed by atoms with E-state index in [4.69, 9.17) is 11.5 Å². The Hall–Kier alpha value is -4.22. The highest BCUT2D eigenvalue weighted by atomic mass is 32.2. The fourth-order valence-electron chi connectivity index (χ4n) is 4.12. The summed E-state index contributed by atoms with van der Waals surface area (Å²) < 4.78 is 28.5. The number of amides is 1. The molecule has 3 aromatic rings. The van der Waals surface area contributed by atoms with E-state index < -0.39 is 27.9 Å². The second kappa shape index (κ2) is 11.2. The Kier molecular flexibility index (Phi) is 8.31. The van der Waals surface area contributed by atoms with Crippen molar-refractivity contribution in [3.05, 3.63) is 94.5 Å². The van der Waals surface area contributed by atoms with Gasteiger partial charge in [0.05, 0.1) is 10.6 Å². The van der Waals surface area contributed by atoms with Crippen LogP contribution in [0, 0.1) is 20.8 Å². The van der Waals surface area contributed by atoms with Gasteiger partial charge in [-0.05, 0) is 55.7 Å². The van der Waals surface area contributed by atoms with Crippen molar-refractivity contribution in [2.45, 2.75) is 38.1 Å². The minimum absolute atomic E-state index is 0.0314. The lowest BCUT2D eigenvalue weighted by atomic mass is 10.1. The number of nitrogens with zero attached hydrogens (tertiary/aromatic N) is 2. The van der Waals surface area contributed by atoms with Crippen molar-refractivity contribution in [3.8, 4) is 0 Å². The van der Waals surface area contributed by atoms with Gasteiger partial charge in [0.1, 0.15) is 6.04 Å². The molecule has 3 aromatic carbocycles. The van der Waals surface area contributed by atoms with E-state index in [0.29, 0.717) is 21.1 Å². The molecule has 1 unspecified atom stereocenters. The van der Waals surface area contributed by atoms with Gasteiger partial charge >= 0.3 is 5.97 Å². The van der Waals surface area contributed by atoms with Crippen LogP contribution in [-0.2, 0) is 21.2 Å². The van der Waals surface area contributed by atoms with Crippen molar-refractivity contribution in [2.24, 2.45) is 16.5 Å². The molecule has 0 radical (unpaired) electrons. The van der Waals surface area contributed by atoms with Gasteiger partial charge in [-0.25, -0.2) is 13.4 Å². The fourth-order valence-corrected chi connectivity index (χ4v) is 5.95.